The highest BCUT2D eigenvalue weighted by molar-refractivity contribution is 5.66. The minimum Gasteiger partial charge on any atom is -0.399 e. The van der Waals surface area contributed by atoms with Gasteiger partial charge in [0.1, 0.15) is 0 Å². The van der Waals surface area contributed by atoms with Gasteiger partial charge in [-0.05, 0) is 110 Å². The Hall–Kier alpha value is -1.96. The normalized spacial score (nSPS) is 32.0. The van der Waals surface area contributed by atoms with Crippen molar-refractivity contribution in [3.63, 3.8) is 0 Å². The van der Waals surface area contributed by atoms with Gasteiger partial charge in [0, 0.05) is 24.1 Å². The molecule has 0 spiro atoms. The molecule has 0 radical (unpaired) electrons. The largest absolute Gasteiger partial charge is 0.399 e. The number of nitrogens with zero attached hydrogens (tertiary/aromatic N) is 1. The van der Waals surface area contributed by atoms with Crippen LogP contribution in [0.4, 0.5) is 17.1 Å². The quantitative estimate of drug-likeness (QED) is 0.710. The van der Waals surface area contributed by atoms with E-state index in [4.69, 9.17) is 5.73 Å². The van der Waals surface area contributed by atoms with Gasteiger partial charge in [0.25, 0.3) is 0 Å². The van der Waals surface area contributed by atoms with E-state index in [1.807, 2.05) is 6.07 Å². The Morgan fingerprint density at radius 3 is 1.92 bits per heavy atom. The lowest BCUT2D eigenvalue weighted by atomic mass is 9.48. The first-order chi connectivity index (χ1) is 12.5. The summed E-state index contributed by atoms with van der Waals surface area (Å²) < 4.78 is 0. The molecule has 0 aromatic heterocycles. The van der Waals surface area contributed by atoms with E-state index in [9.17, 15) is 0 Å². The molecule has 2 aromatic carbocycles. The van der Waals surface area contributed by atoms with E-state index in [0.717, 1.165) is 29.0 Å². The third-order valence-corrected chi connectivity index (χ3v) is 7.55. The molecule has 136 valence electrons. The van der Waals surface area contributed by atoms with Crippen molar-refractivity contribution in [1.29, 1.82) is 0 Å². The van der Waals surface area contributed by atoms with Crippen molar-refractivity contribution in [2.75, 3.05) is 17.7 Å². The van der Waals surface area contributed by atoms with Crippen LogP contribution in [0, 0.1) is 24.7 Å². The highest BCUT2D eigenvalue weighted by Crippen LogP contribution is 2.60. The molecule has 4 bridgehead atoms. The summed E-state index contributed by atoms with van der Waals surface area (Å²) in [7, 11) is 2.14. The molecule has 0 saturated heterocycles. The third kappa shape index (κ3) is 2.53. The van der Waals surface area contributed by atoms with Crippen LogP contribution in [0.2, 0.25) is 0 Å². The van der Waals surface area contributed by atoms with E-state index in [0.29, 0.717) is 5.41 Å². The number of hydrogen-bond acceptors (Lipinski definition) is 2. The second-order valence-electron chi connectivity index (χ2n) is 9.34. The zero-order valence-corrected chi connectivity index (χ0v) is 16.0. The molecule has 0 unspecified atom stereocenters. The number of hydrogen-bond donors (Lipinski definition) is 1. The molecule has 0 atom stereocenters. The van der Waals surface area contributed by atoms with Crippen molar-refractivity contribution in [1.82, 2.24) is 0 Å². The van der Waals surface area contributed by atoms with Gasteiger partial charge >= 0.3 is 0 Å². The minimum absolute atomic E-state index is 0.490. The van der Waals surface area contributed by atoms with E-state index in [1.54, 1.807) is 5.56 Å². The van der Waals surface area contributed by atoms with Gasteiger partial charge in [-0.15, -0.1) is 0 Å². The lowest BCUT2D eigenvalue weighted by Crippen LogP contribution is -2.48. The van der Waals surface area contributed by atoms with Gasteiger partial charge in [0.2, 0.25) is 0 Å². The van der Waals surface area contributed by atoms with Gasteiger partial charge in [-0.3, -0.25) is 0 Å². The van der Waals surface area contributed by atoms with Crippen molar-refractivity contribution >= 4 is 17.1 Å². The molecular weight excluding hydrogens is 316 g/mol. The van der Waals surface area contributed by atoms with Gasteiger partial charge in [-0.25, -0.2) is 0 Å². The second kappa shape index (κ2) is 5.77. The summed E-state index contributed by atoms with van der Waals surface area (Å²) >= 11 is 0. The van der Waals surface area contributed by atoms with Crippen molar-refractivity contribution in [2.24, 2.45) is 17.8 Å². The van der Waals surface area contributed by atoms with Gasteiger partial charge in [-0.2, -0.15) is 0 Å². The first-order valence-electron chi connectivity index (χ1n) is 10.2. The van der Waals surface area contributed by atoms with E-state index in [-0.39, 0.29) is 0 Å². The summed E-state index contributed by atoms with van der Waals surface area (Å²) in [6.07, 6.45) is 8.84. The Morgan fingerprint density at radius 2 is 1.38 bits per heavy atom. The number of nitrogens with two attached hydrogens (primary N) is 1. The van der Waals surface area contributed by atoms with E-state index in [1.165, 1.54) is 49.9 Å². The molecule has 2 aromatic rings. The zero-order chi connectivity index (χ0) is 17.9. The highest BCUT2D eigenvalue weighted by Gasteiger charge is 2.51. The number of nitrogen functional groups attached to an aromatic ring is 1. The molecule has 0 amide bonds. The van der Waals surface area contributed by atoms with Crippen LogP contribution >= 0.6 is 0 Å². The highest BCUT2D eigenvalue weighted by atomic mass is 15.1. The summed E-state index contributed by atoms with van der Waals surface area (Å²) in [5.41, 5.74) is 12.5. The van der Waals surface area contributed by atoms with Crippen LogP contribution in [0.15, 0.2) is 42.5 Å². The molecule has 6 rings (SSSR count). The van der Waals surface area contributed by atoms with Crippen LogP contribution in [0.3, 0.4) is 0 Å². The molecule has 0 aliphatic heterocycles. The number of aryl methyl sites for hydroxylation is 1. The number of rotatable bonds is 3. The summed E-state index contributed by atoms with van der Waals surface area (Å²) in [4.78, 5) is 2.26. The maximum Gasteiger partial charge on any atom is 0.0412 e. The molecule has 4 aliphatic carbocycles. The predicted octanol–water partition coefficient (Wildman–Crippen LogP) is 5.81. The van der Waals surface area contributed by atoms with Crippen LogP contribution in [0.1, 0.15) is 49.7 Å². The van der Waals surface area contributed by atoms with Crippen LogP contribution in [0.5, 0.6) is 0 Å². The first-order valence-corrected chi connectivity index (χ1v) is 10.2. The van der Waals surface area contributed by atoms with E-state index < -0.39 is 0 Å². The minimum atomic E-state index is 0.490. The maximum absolute atomic E-state index is 5.97. The fourth-order valence-electron chi connectivity index (χ4n) is 6.52. The molecule has 2 N–H and O–H groups in total. The summed E-state index contributed by atoms with van der Waals surface area (Å²) in [5.74, 6) is 3.00. The Kier molecular flexibility index (Phi) is 3.60. The van der Waals surface area contributed by atoms with Crippen molar-refractivity contribution in [3.05, 3.63) is 53.6 Å². The number of anilines is 3. The SMILES string of the molecule is Cc1cc(N(C)c2ccc(C34CC5CC(CC(C5)C3)C4)cc2)ccc1N. The van der Waals surface area contributed by atoms with Crippen LogP contribution in [0.25, 0.3) is 0 Å². The average Bonchev–Trinajstić information content (AvgIpc) is 2.62. The fourth-order valence-corrected chi connectivity index (χ4v) is 6.52. The monoisotopic (exact) mass is 346 g/mol. The summed E-state index contributed by atoms with van der Waals surface area (Å²) in [6.45, 7) is 2.07. The van der Waals surface area contributed by atoms with E-state index in [2.05, 4.69) is 55.3 Å². The number of benzene rings is 2. The molecule has 26 heavy (non-hydrogen) atoms. The van der Waals surface area contributed by atoms with Gasteiger partial charge in [-0.1, -0.05) is 12.1 Å². The van der Waals surface area contributed by atoms with Crippen LogP contribution in [-0.2, 0) is 5.41 Å². The van der Waals surface area contributed by atoms with Gasteiger partial charge in [0.15, 0.2) is 0 Å². The zero-order valence-electron chi connectivity index (χ0n) is 16.0. The molecular formula is C24H30N2. The average molecular weight is 347 g/mol. The van der Waals surface area contributed by atoms with Crippen molar-refractivity contribution < 1.29 is 0 Å². The lowest BCUT2D eigenvalue weighted by molar-refractivity contribution is -0.00518. The molecule has 2 heteroatoms. The Balaban J connectivity index is 1.41. The summed E-state index contributed by atoms with van der Waals surface area (Å²) in [5, 5.41) is 0. The molecule has 0 heterocycles. The van der Waals surface area contributed by atoms with E-state index >= 15 is 0 Å². The van der Waals surface area contributed by atoms with Crippen LogP contribution in [-0.4, -0.2) is 7.05 Å². The molecule has 4 saturated carbocycles. The Morgan fingerprint density at radius 1 is 0.846 bits per heavy atom. The topological polar surface area (TPSA) is 29.3 Å². The molecule has 2 nitrogen and oxygen atoms in total. The summed E-state index contributed by atoms with van der Waals surface area (Å²) in [6, 6.07) is 15.8. The van der Waals surface area contributed by atoms with Crippen molar-refractivity contribution in [3.8, 4) is 0 Å². The van der Waals surface area contributed by atoms with Crippen molar-refractivity contribution in [2.45, 2.75) is 50.9 Å². The Bertz CT molecular complexity index is 785. The second-order valence-corrected chi connectivity index (χ2v) is 9.34. The van der Waals surface area contributed by atoms with Crippen LogP contribution < -0.4 is 10.6 Å². The standard InChI is InChI=1S/C24H30N2/c1-16-9-22(7-8-23(16)25)26(2)21-5-3-20(4-6-21)24-13-17-10-18(14-24)12-19(11-17)15-24/h3-9,17-19H,10-15,25H2,1-2H3. The fraction of sp³-hybridized carbons (Fsp3) is 0.500. The first kappa shape index (κ1) is 16.2. The smallest absolute Gasteiger partial charge is 0.0412 e. The lowest BCUT2D eigenvalue weighted by Gasteiger charge is -2.57. The van der Waals surface area contributed by atoms with Gasteiger partial charge < -0.3 is 10.6 Å². The maximum atomic E-state index is 5.97. The Labute approximate surface area is 157 Å². The van der Waals surface area contributed by atoms with Gasteiger partial charge in [0.05, 0.1) is 0 Å². The molecule has 4 fully saturated rings. The third-order valence-electron chi connectivity index (χ3n) is 7.55. The predicted molar refractivity (Wildman–Crippen MR) is 110 cm³/mol. The molecule has 4 aliphatic rings.